The summed E-state index contributed by atoms with van der Waals surface area (Å²) in [6.07, 6.45) is 0. The summed E-state index contributed by atoms with van der Waals surface area (Å²) >= 11 is 1.55. The monoisotopic (exact) mass is 227 g/mol. The number of aryl methyl sites for hydroxylation is 2. The van der Waals surface area contributed by atoms with Crippen molar-refractivity contribution in [3.63, 3.8) is 0 Å². The summed E-state index contributed by atoms with van der Waals surface area (Å²) in [4.78, 5) is 18.9. The molecule has 0 atom stereocenters. The minimum atomic E-state index is -0.0706. The lowest BCUT2D eigenvalue weighted by Gasteiger charge is -2.09. The van der Waals surface area contributed by atoms with Gasteiger partial charge in [0.05, 0.1) is 5.01 Å². The molecule has 0 aliphatic rings. The van der Waals surface area contributed by atoms with Crippen LogP contribution < -0.4 is 5.32 Å². The van der Waals surface area contributed by atoms with E-state index in [0.29, 0.717) is 12.2 Å². The number of hydrogen-bond acceptors (Lipinski definition) is 4. The molecule has 0 spiro atoms. The maximum Gasteiger partial charge on any atom is 0.271 e. The van der Waals surface area contributed by atoms with E-state index >= 15 is 0 Å². The summed E-state index contributed by atoms with van der Waals surface area (Å²) in [5.41, 5.74) is 0.566. The SMILES string of the molecule is Cc1nc(C(=O)NCCN(C)C)c(C)s1. The fourth-order valence-corrected chi connectivity index (χ4v) is 2.03. The van der Waals surface area contributed by atoms with Gasteiger partial charge in [-0.05, 0) is 27.9 Å². The largest absolute Gasteiger partial charge is 0.349 e. The van der Waals surface area contributed by atoms with Crippen molar-refractivity contribution in [2.45, 2.75) is 13.8 Å². The van der Waals surface area contributed by atoms with Crippen LogP contribution in [0.5, 0.6) is 0 Å². The summed E-state index contributed by atoms with van der Waals surface area (Å²) in [6, 6.07) is 0. The van der Waals surface area contributed by atoms with Crippen molar-refractivity contribution in [3.05, 3.63) is 15.6 Å². The van der Waals surface area contributed by atoms with Crippen molar-refractivity contribution < 1.29 is 4.79 Å². The van der Waals surface area contributed by atoms with E-state index < -0.39 is 0 Å². The topological polar surface area (TPSA) is 45.2 Å². The second-order valence-corrected chi connectivity index (χ2v) is 5.10. The van der Waals surface area contributed by atoms with Crippen LogP contribution in [0.3, 0.4) is 0 Å². The molecule has 0 unspecified atom stereocenters. The van der Waals surface area contributed by atoms with Crippen molar-refractivity contribution in [1.29, 1.82) is 0 Å². The van der Waals surface area contributed by atoms with E-state index in [2.05, 4.69) is 10.3 Å². The Bertz CT molecular complexity index is 346. The number of carbonyl (C=O) groups is 1. The smallest absolute Gasteiger partial charge is 0.271 e. The molecule has 1 heterocycles. The predicted octanol–water partition coefficient (Wildman–Crippen LogP) is 1.05. The Balaban J connectivity index is 2.50. The molecule has 1 rings (SSSR count). The van der Waals surface area contributed by atoms with E-state index in [0.717, 1.165) is 16.4 Å². The van der Waals surface area contributed by atoms with Crippen LogP contribution in [0.2, 0.25) is 0 Å². The number of aromatic nitrogens is 1. The molecule has 1 amide bonds. The summed E-state index contributed by atoms with van der Waals surface area (Å²) in [7, 11) is 3.95. The minimum absolute atomic E-state index is 0.0706. The van der Waals surface area contributed by atoms with Crippen molar-refractivity contribution in [1.82, 2.24) is 15.2 Å². The Labute approximate surface area is 94.3 Å². The molecule has 1 aromatic heterocycles. The first-order valence-electron chi connectivity index (χ1n) is 4.87. The number of hydrogen-bond donors (Lipinski definition) is 1. The van der Waals surface area contributed by atoms with Gasteiger partial charge in [0.25, 0.3) is 5.91 Å². The first-order chi connectivity index (χ1) is 7.00. The molecule has 15 heavy (non-hydrogen) atoms. The van der Waals surface area contributed by atoms with Gasteiger partial charge in [0.2, 0.25) is 0 Å². The molecular formula is C10H17N3OS. The second-order valence-electron chi connectivity index (χ2n) is 3.70. The Kier molecular flexibility index (Phi) is 4.23. The standard InChI is InChI=1S/C10H17N3OS/c1-7-9(12-8(2)15-7)10(14)11-5-6-13(3)4/h5-6H2,1-4H3,(H,11,14). The summed E-state index contributed by atoms with van der Waals surface area (Å²) in [5, 5.41) is 3.78. The quantitative estimate of drug-likeness (QED) is 0.836. The Morgan fingerprint density at radius 2 is 2.13 bits per heavy atom. The zero-order valence-corrected chi connectivity index (χ0v) is 10.4. The Morgan fingerprint density at radius 3 is 2.60 bits per heavy atom. The van der Waals surface area contributed by atoms with E-state index in [1.807, 2.05) is 32.8 Å². The van der Waals surface area contributed by atoms with Crippen LogP contribution in [0.4, 0.5) is 0 Å². The summed E-state index contributed by atoms with van der Waals surface area (Å²) in [6.45, 7) is 5.33. The lowest BCUT2D eigenvalue weighted by atomic mass is 10.3. The number of thiazole rings is 1. The molecule has 0 fully saturated rings. The molecule has 0 aromatic carbocycles. The third-order valence-corrected chi connectivity index (χ3v) is 2.85. The lowest BCUT2D eigenvalue weighted by Crippen LogP contribution is -2.31. The average molecular weight is 227 g/mol. The van der Waals surface area contributed by atoms with E-state index in [-0.39, 0.29) is 5.91 Å². The minimum Gasteiger partial charge on any atom is -0.349 e. The normalized spacial score (nSPS) is 10.7. The molecule has 1 N–H and O–H groups in total. The molecule has 0 radical (unpaired) electrons. The maximum atomic E-state index is 11.7. The highest BCUT2D eigenvalue weighted by molar-refractivity contribution is 7.11. The first kappa shape index (κ1) is 12.1. The van der Waals surface area contributed by atoms with Crippen LogP contribution in [0.15, 0.2) is 0 Å². The van der Waals surface area contributed by atoms with E-state index in [1.54, 1.807) is 11.3 Å². The van der Waals surface area contributed by atoms with Crippen LogP contribution in [0.25, 0.3) is 0 Å². The Hall–Kier alpha value is -0.940. The average Bonchev–Trinajstić information content (AvgIpc) is 2.44. The lowest BCUT2D eigenvalue weighted by molar-refractivity contribution is 0.0946. The van der Waals surface area contributed by atoms with Gasteiger partial charge in [0.15, 0.2) is 0 Å². The molecule has 84 valence electrons. The van der Waals surface area contributed by atoms with E-state index in [4.69, 9.17) is 0 Å². The number of nitrogens with one attached hydrogen (secondary N) is 1. The van der Waals surface area contributed by atoms with Crippen LogP contribution in [0.1, 0.15) is 20.4 Å². The highest BCUT2D eigenvalue weighted by Gasteiger charge is 2.12. The zero-order chi connectivity index (χ0) is 11.4. The van der Waals surface area contributed by atoms with E-state index in [9.17, 15) is 4.79 Å². The number of nitrogens with zero attached hydrogens (tertiary/aromatic N) is 2. The van der Waals surface area contributed by atoms with Gasteiger partial charge >= 0.3 is 0 Å². The van der Waals surface area contributed by atoms with Crippen LogP contribution in [-0.2, 0) is 0 Å². The van der Waals surface area contributed by atoms with Gasteiger partial charge < -0.3 is 10.2 Å². The molecule has 0 saturated carbocycles. The summed E-state index contributed by atoms with van der Waals surface area (Å²) < 4.78 is 0. The van der Waals surface area contributed by atoms with Crippen LogP contribution >= 0.6 is 11.3 Å². The van der Waals surface area contributed by atoms with Crippen molar-refractivity contribution >= 4 is 17.2 Å². The van der Waals surface area contributed by atoms with Gasteiger partial charge in [-0.2, -0.15) is 0 Å². The number of carbonyl (C=O) groups excluding carboxylic acids is 1. The maximum absolute atomic E-state index is 11.7. The molecule has 0 bridgehead atoms. The molecule has 1 aromatic rings. The third-order valence-electron chi connectivity index (χ3n) is 1.96. The highest BCUT2D eigenvalue weighted by atomic mass is 32.1. The van der Waals surface area contributed by atoms with Gasteiger partial charge in [0, 0.05) is 18.0 Å². The molecule has 0 aliphatic heterocycles. The Morgan fingerprint density at radius 1 is 1.47 bits per heavy atom. The van der Waals surface area contributed by atoms with E-state index in [1.165, 1.54) is 0 Å². The third kappa shape index (κ3) is 3.60. The number of amides is 1. The van der Waals surface area contributed by atoms with Gasteiger partial charge in [-0.3, -0.25) is 4.79 Å². The fraction of sp³-hybridized carbons (Fsp3) is 0.600. The first-order valence-corrected chi connectivity index (χ1v) is 5.69. The van der Waals surface area contributed by atoms with Crippen molar-refractivity contribution in [3.8, 4) is 0 Å². The number of likely N-dealkylation sites (N-methyl/N-ethyl adjacent to an activating group) is 1. The van der Waals surface area contributed by atoms with Crippen molar-refractivity contribution in [2.24, 2.45) is 0 Å². The molecule has 0 aliphatic carbocycles. The van der Waals surface area contributed by atoms with Gasteiger partial charge in [0.1, 0.15) is 5.69 Å². The summed E-state index contributed by atoms with van der Waals surface area (Å²) in [5.74, 6) is -0.0706. The highest BCUT2D eigenvalue weighted by Crippen LogP contribution is 2.15. The molecule has 5 heteroatoms. The van der Waals surface area contributed by atoms with Gasteiger partial charge in [-0.15, -0.1) is 11.3 Å². The fourth-order valence-electron chi connectivity index (χ4n) is 1.22. The number of rotatable bonds is 4. The van der Waals surface area contributed by atoms with Crippen LogP contribution in [-0.4, -0.2) is 43.0 Å². The van der Waals surface area contributed by atoms with Gasteiger partial charge in [-0.25, -0.2) is 4.98 Å². The molecule has 4 nitrogen and oxygen atoms in total. The van der Waals surface area contributed by atoms with Gasteiger partial charge in [-0.1, -0.05) is 0 Å². The molecule has 0 saturated heterocycles. The second kappa shape index (κ2) is 5.23. The van der Waals surface area contributed by atoms with Crippen LogP contribution in [0, 0.1) is 13.8 Å². The van der Waals surface area contributed by atoms with Crippen molar-refractivity contribution in [2.75, 3.05) is 27.2 Å². The molecular weight excluding hydrogens is 210 g/mol. The zero-order valence-electron chi connectivity index (χ0n) is 9.63. The predicted molar refractivity (Wildman–Crippen MR) is 62.5 cm³/mol.